The van der Waals surface area contributed by atoms with E-state index in [-0.39, 0.29) is 28.5 Å². The van der Waals surface area contributed by atoms with Crippen LogP contribution in [0.1, 0.15) is 5.56 Å². The van der Waals surface area contributed by atoms with Crippen LogP contribution in [0.3, 0.4) is 0 Å². The van der Waals surface area contributed by atoms with Crippen molar-refractivity contribution >= 4 is 39.8 Å². The molecule has 184 valence electrons. The number of pyridine rings is 1. The van der Waals surface area contributed by atoms with Gasteiger partial charge in [0.25, 0.3) is 0 Å². The minimum absolute atomic E-state index is 0.0320. The number of carbonyl (C=O) groups excluding carboxylic acids is 1. The van der Waals surface area contributed by atoms with E-state index in [2.05, 4.69) is 15.6 Å². The first-order chi connectivity index (χ1) is 17.4. The minimum Gasteiger partial charge on any atom is -0.493 e. The number of methoxy groups -OCH3 is 2. The van der Waals surface area contributed by atoms with Gasteiger partial charge in [0, 0.05) is 23.7 Å². The molecular weight excluding hydrogens is 488 g/mol. The molecular formula is C26H21F2N3O4S. The summed E-state index contributed by atoms with van der Waals surface area (Å²) in [6, 6.07) is 15.2. The molecule has 0 saturated heterocycles. The zero-order valence-corrected chi connectivity index (χ0v) is 20.1. The Balaban J connectivity index is 1.45. The number of nitrogens with zero attached hydrogens (tertiary/aromatic N) is 1. The van der Waals surface area contributed by atoms with Crippen molar-refractivity contribution in [2.75, 3.05) is 19.5 Å². The van der Waals surface area contributed by atoms with Gasteiger partial charge in [-0.2, -0.15) is 0 Å². The number of aromatic nitrogens is 1. The Bertz CT molecular complexity index is 1450. The van der Waals surface area contributed by atoms with Crippen molar-refractivity contribution in [1.82, 2.24) is 10.3 Å². The highest BCUT2D eigenvalue weighted by Crippen LogP contribution is 2.37. The quantitative estimate of drug-likeness (QED) is 0.324. The number of thiocarbonyl (C=S) groups is 1. The van der Waals surface area contributed by atoms with Gasteiger partial charge in [0.2, 0.25) is 5.91 Å². The van der Waals surface area contributed by atoms with Crippen LogP contribution < -0.4 is 24.8 Å². The SMILES string of the molecule is COc1cc2nccc(Oc3ccc(NC(=S)NC(=O)Cc4ccccc4F)c(F)c3)c2cc1OC. The summed E-state index contributed by atoms with van der Waals surface area (Å²) in [5, 5.41) is 5.57. The molecule has 0 aliphatic heterocycles. The second-order valence-electron chi connectivity index (χ2n) is 7.55. The predicted molar refractivity (Wildman–Crippen MR) is 136 cm³/mol. The number of anilines is 1. The van der Waals surface area contributed by atoms with Gasteiger partial charge in [-0.3, -0.25) is 9.78 Å². The highest BCUT2D eigenvalue weighted by atomic mass is 32.1. The number of amides is 1. The lowest BCUT2D eigenvalue weighted by atomic mass is 10.1. The molecule has 1 aromatic heterocycles. The first-order valence-electron chi connectivity index (χ1n) is 10.7. The fourth-order valence-corrected chi connectivity index (χ4v) is 3.69. The number of fused-ring (bicyclic) bond motifs is 1. The highest BCUT2D eigenvalue weighted by molar-refractivity contribution is 7.80. The van der Waals surface area contributed by atoms with E-state index in [0.717, 1.165) is 0 Å². The van der Waals surface area contributed by atoms with Gasteiger partial charge >= 0.3 is 0 Å². The largest absolute Gasteiger partial charge is 0.493 e. The van der Waals surface area contributed by atoms with E-state index < -0.39 is 17.5 Å². The van der Waals surface area contributed by atoms with Gasteiger partial charge < -0.3 is 24.8 Å². The second-order valence-corrected chi connectivity index (χ2v) is 7.96. The van der Waals surface area contributed by atoms with Crippen LogP contribution in [-0.4, -0.2) is 30.2 Å². The van der Waals surface area contributed by atoms with Gasteiger partial charge in [0.15, 0.2) is 16.6 Å². The molecule has 1 amide bonds. The van der Waals surface area contributed by atoms with Crippen LogP contribution in [0.15, 0.2) is 66.9 Å². The van der Waals surface area contributed by atoms with Crippen LogP contribution in [0, 0.1) is 11.6 Å². The van der Waals surface area contributed by atoms with Crippen molar-refractivity contribution in [3.05, 3.63) is 84.1 Å². The number of carbonyl (C=O) groups is 1. The van der Waals surface area contributed by atoms with E-state index in [1.807, 2.05) is 0 Å². The fourth-order valence-electron chi connectivity index (χ4n) is 3.46. The lowest BCUT2D eigenvalue weighted by Gasteiger charge is -2.14. The molecule has 0 aliphatic carbocycles. The molecule has 0 fully saturated rings. The van der Waals surface area contributed by atoms with E-state index in [0.29, 0.717) is 28.2 Å². The molecule has 0 aliphatic rings. The summed E-state index contributed by atoms with van der Waals surface area (Å²) < 4.78 is 45.1. The van der Waals surface area contributed by atoms with Crippen LogP contribution in [-0.2, 0) is 11.2 Å². The Morgan fingerprint density at radius 1 is 0.944 bits per heavy atom. The molecule has 0 unspecified atom stereocenters. The van der Waals surface area contributed by atoms with Gasteiger partial charge in [0.05, 0.1) is 31.8 Å². The van der Waals surface area contributed by atoms with Crippen LogP contribution in [0.4, 0.5) is 14.5 Å². The van der Waals surface area contributed by atoms with Gasteiger partial charge in [-0.1, -0.05) is 18.2 Å². The summed E-state index contributed by atoms with van der Waals surface area (Å²) in [6.45, 7) is 0. The topological polar surface area (TPSA) is 81.7 Å². The Kier molecular flexibility index (Phi) is 7.55. The number of hydrogen-bond acceptors (Lipinski definition) is 6. The van der Waals surface area contributed by atoms with Crippen molar-refractivity contribution in [2.24, 2.45) is 0 Å². The van der Waals surface area contributed by atoms with Crippen LogP contribution >= 0.6 is 12.2 Å². The molecule has 1 heterocycles. The summed E-state index contributed by atoms with van der Waals surface area (Å²) in [5.74, 6) is 0.0113. The maximum atomic E-state index is 14.8. The first-order valence-corrected chi connectivity index (χ1v) is 11.1. The number of halogens is 2. The van der Waals surface area contributed by atoms with Crippen molar-refractivity contribution < 1.29 is 27.8 Å². The standard InChI is InChI=1S/C26H21F2N3O4S/c1-33-23-13-17-21(14-24(23)34-2)29-10-9-22(17)35-16-7-8-20(19(28)12-16)30-26(36)31-25(32)11-15-5-3-4-6-18(15)27/h3-10,12-14H,11H2,1-2H3,(H2,30,31,32,36). The van der Waals surface area contributed by atoms with Crippen molar-refractivity contribution in [2.45, 2.75) is 6.42 Å². The van der Waals surface area contributed by atoms with E-state index in [4.69, 9.17) is 26.4 Å². The Labute approximate surface area is 211 Å². The monoisotopic (exact) mass is 509 g/mol. The first kappa shape index (κ1) is 24.8. The van der Waals surface area contributed by atoms with Gasteiger partial charge in [0.1, 0.15) is 23.1 Å². The number of nitrogens with one attached hydrogen (secondary N) is 2. The third-order valence-electron chi connectivity index (χ3n) is 5.19. The Morgan fingerprint density at radius 3 is 2.42 bits per heavy atom. The number of rotatable bonds is 7. The van der Waals surface area contributed by atoms with Crippen molar-refractivity contribution in [1.29, 1.82) is 0 Å². The maximum Gasteiger partial charge on any atom is 0.230 e. The molecule has 10 heteroatoms. The zero-order valence-electron chi connectivity index (χ0n) is 19.3. The van der Waals surface area contributed by atoms with Crippen molar-refractivity contribution in [3.63, 3.8) is 0 Å². The Hall–Kier alpha value is -4.31. The Morgan fingerprint density at radius 2 is 1.69 bits per heavy atom. The molecule has 0 atom stereocenters. The summed E-state index contributed by atoms with van der Waals surface area (Å²) in [7, 11) is 3.05. The molecule has 0 bridgehead atoms. The number of benzene rings is 3. The van der Waals surface area contributed by atoms with E-state index in [1.54, 1.807) is 36.5 Å². The average molecular weight is 510 g/mol. The fraction of sp³-hybridized carbons (Fsp3) is 0.115. The van der Waals surface area contributed by atoms with E-state index in [9.17, 15) is 13.6 Å². The zero-order chi connectivity index (χ0) is 25.7. The van der Waals surface area contributed by atoms with Gasteiger partial charge in [-0.05, 0) is 48.1 Å². The predicted octanol–water partition coefficient (Wildman–Crippen LogP) is 5.38. The van der Waals surface area contributed by atoms with Gasteiger partial charge in [-0.15, -0.1) is 0 Å². The molecule has 0 saturated carbocycles. The lowest BCUT2D eigenvalue weighted by Crippen LogP contribution is -2.35. The maximum absolute atomic E-state index is 14.8. The molecule has 0 radical (unpaired) electrons. The average Bonchev–Trinajstić information content (AvgIpc) is 2.86. The van der Waals surface area contributed by atoms with Crippen LogP contribution in [0.5, 0.6) is 23.0 Å². The summed E-state index contributed by atoms with van der Waals surface area (Å²) >= 11 is 5.09. The smallest absolute Gasteiger partial charge is 0.230 e. The number of ether oxygens (including phenoxy) is 3. The molecule has 36 heavy (non-hydrogen) atoms. The van der Waals surface area contributed by atoms with Crippen LogP contribution in [0.2, 0.25) is 0 Å². The van der Waals surface area contributed by atoms with Crippen molar-refractivity contribution in [3.8, 4) is 23.0 Å². The van der Waals surface area contributed by atoms with Crippen LogP contribution in [0.25, 0.3) is 10.9 Å². The van der Waals surface area contributed by atoms with E-state index in [1.165, 1.54) is 44.6 Å². The summed E-state index contributed by atoms with van der Waals surface area (Å²) in [6.07, 6.45) is 1.36. The highest BCUT2D eigenvalue weighted by Gasteiger charge is 2.14. The van der Waals surface area contributed by atoms with Gasteiger partial charge in [-0.25, -0.2) is 8.78 Å². The molecule has 4 aromatic rings. The third kappa shape index (κ3) is 5.66. The summed E-state index contributed by atoms with van der Waals surface area (Å²) in [5.41, 5.74) is 0.870. The molecule has 4 rings (SSSR count). The molecule has 0 spiro atoms. The molecule has 3 aromatic carbocycles. The minimum atomic E-state index is -0.657. The van der Waals surface area contributed by atoms with E-state index >= 15 is 0 Å². The third-order valence-corrected chi connectivity index (χ3v) is 5.39. The normalized spacial score (nSPS) is 10.6. The molecule has 2 N–H and O–H groups in total. The molecule has 7 nitrogen and oxygen atoms in total. The summed E-state index contributed by atoms with van der Waals surface area (Å²) in [4.78, 5) is 16.5. The lowest BCUT2D eigenvalue weighted by molar-refractivity contribution is -0.119. The second kappa shape index (κ2) is 11.0. The number of hydrogen-bond donors (Lipinski definition) is 2.